The van der Waals surface area contributed by atoms with Crippen LogP contribution in [-0.4, -0.2) is 58.5 Å². The zero-order valence-electron chi connectivity index (χ0n) is 15.9. The van der Waals surface area contributed by atoms with Gasteiger partial charge in [0.15, 0.2) is 5.96 Å². The number of rotatable bonds is 7. The van der Waals surface area contributed by atoms with Crippen LogP contribution in [0.2, 0.25) is 0 Å². The molecular weight excluding hydrogens is 455 g/mol. The number of halogens is 1. The van der Waals surface area contributed by atoms with Gasteiger partial charge in [-0.1, -0.05) is 6.42 Å². The van der Waals surface area contributed by atoms with Gasteiger partial charge in [-0.05, 0) is 40.0 Å². The van der Waals surface area contributed by atoms with Crippen molar-refractivity contribution in [3.63, 3.8) is 0 Å². The molecule has 0 bridgehead atoms. The van der Waals surface area contributed by atoms with Crippen LogP contribution in [0.1, 0.15) is 46.5 Å². The molecule has 148 valence electrons. The van der Waals surface area contributed by atoms with Crippen LogP contribution < -0.4 is 15.4 Å². The number of guanidine groups is 1. The molecule has 0 aliphatic heterocycles. The fourth-order valence-electron chi connectivity index (χ4n) is 3.84. The number of nitrogens with one attached hydrogen (secondary N) is 3. The van der Waals surface area contributed by atoms with Crippen molar-refractivity contribution in [3.8, 4) is 0 Å². The fraction of sp³-hybridized carbons (Fsp3) is 0.938. The summed E-state index contributed by atoms with van der Waals surface area (Å²) in [4.78, 5) is 4.28. The lowest BCUT2D eigenvalue weighted by atomic mass is 9.51. The Morgan fingerprint density at radius 1 is 1.36 bits per heavy atom. The third-order valence-corrected chi connectivity index (χ3v) is 6.05. The maximum atomic E-state index is 11.4. The van der Waals surface area contributed by atoms with Gasteiger partial charge >= 0.3 is 0 Å². The topological polar surface area (TPSA) is 91.8 Å². The van der Waals surface area contributed by atoms with Crippen molar-refractivity contribution in [2.75, 3.05) is 26.5 Å². The summed E-state index contributed by atoms with van der Waals surface area (Å²) in [6.45, 7) is 6.95. The summed E-state index contributed by atoms with van der Waals surface area (Å²) in [5.41, 5.74) is -0.332. The van der Waals surface area contributed by atoms with Crippen LogP contribution in [0, 0.1) is 5.41 Å². The quantitative estimate of drug-likeness (QED) is 0.287. The summed E-state index contributed by atoms with van der Waals surface area (Å²) >= 11 is 0. The molecule has 3 N–H and O–H groups in total. The van der Waals surface area contributed by atoms with Crippen molar-refractivity contribution >= 4 is 40.0 Å². The highest BCUT2D eigenvalue weighted by Crippen LogP contribution is 2.57. The predicted octanol–water partition coefficient (Wildman–Crippen LogP) is 1.44. The van der Waals surface area contributed by atoms with E-state index in [2.05, 4.69) is 20.3 Å². The molecule has 2 aliphatic carbocycles. The Balaban J connectivity index is 0.00000312. The van der Waals surface area contributed by atoms with Crippen molar-refractivity contribution in [1.82, 2.24) is 15.4 Å². The standard InChI is InChI=1S/C16H32N4O3S.HI/c1-6-23-13-10-12(16(13)8-7-9-16)19-14(17-4)18-11-15(2,3)20-24(5,21)22;/h12-13,20H,6-11H2,1-5H3,(H2,17,18,19);1H. The SMILES string of the molecule is CCOC1CC(NC(=NC)NCC(C)(C)NS(C)(=O)=O)C12CCC2.I. The van der Waals surface area contributed by atoms with E-state index in [1.165, 1.54) is 25.5 Å². The Labute approximate surface area is 169 Å². The minimum Gasteiger partial charge on any atom is -0.378 e. The second kappa shape index (κ2) is 8.71. The van der Waals surface area contributed by atoms with Crippen LogP contribution in [0.4, 0.5) is 0 Å². The number of nitrogens with zero attached hydrogens (tertiary/aromatic N) is 1. The van der Waals surface area contributed by atoms with E-state index in [9.17, 15) is 8.42 Å². The highest BCUT2D eigenvalue weighted by atomic mass is 127. The van der Waals surface area contributed by atoms with Crippen LogP contribution in [0.25, 0.3) is 0 Å². The van der Waals surface area contributed by atoms with E-state index in [0.717, 1.165) is 13.0 Å². The number of aliphatic imine (C=N–C) groups is 1. The molecule has 7 nitrogen and oxygen atoms in total. The summed E-state index contributed by atoms with van der Waals surface area (Å²) in [6.07, 6.45) is 6.19. The molecule has 25 heavy (non-hydrogen) atoms. The molecule has 0 aromatic carbocycles. The molecule has 2 atom stereocenters. The first-order valence-electron chi connectivity index (χ1n) is 8.69. The summed E-state index contributed by atoms with van der Waals surface area (Å²) in [6, 6.07) is 0.375. The van der Waals surface area contributed by atoms with Gasteiger partial charge < -0.3 is 15.4 Å². The zero-order valence-corrected chi connectivity index (χ0v) is 19.0. The van der Waals surface area contributed by atoms with Gasteiger partial charge in [-0.15, -0.1) is 24.0 Å². The molecular formula is C16H33IN4O3S. The monoisotopic (exact) mass is 488 g/mol. The largest absolute Gasteiger partial charge is 0.378 e. The van der Waals surface area contributed by atoms with E-state index in [1.807, 2.05) is 20.8 Å². The van der Waals surface area contributed by atoms with Gasteiger partial charge in [0.25, 0.3) is 0 Å². The van der Waals surface area contributed by atoms with Gasteiger partial charge in [0.1, 0.15) is 0 Å². The Morgan fingerprint density at radius 3 is 2.44 bits per heavy atom. The Morgan fingerprint density at radius 2 is 2.00 bits per heavy atom. The molecule has 9 heteroatoms. The van der Waals surface area contributed by atoms with Crippen molar-refractivity contribution in [1.29, 1.82) is 0 Å². The minimum absolute atomic E-state index is 0. The number of ether oxygens (including phenoxy) is 1. The highest BCUT2D eigenvalue weighted by molar-refractivity contribution is 14.0. The van der Waals surface area contributed by atoms with E-state index in [-0.39, 0.29) is 29.4 Å². The third kappa shape index (κ3) is 5.67. The van der Waals surface area contributed by atoms with Gasteiger partial charge in [0.05, 0.1) is 12.4 Å². The van der Waals surface area contributed by atoms with Crippen molar-refractivity contribution in [2.24, 2.45) is 10.4 Å². The molecule has 0 aromatic heterocycles. The van der Waals surface area contributed by atoms with Crippen molar-refractivity contribution in [3.05, 3.63) is 0 Å². The van der Waals surface area contributed by atoms with E-state index < -0.39 is 15.6 Å². The summed E-state index contributed by atoms with van der Waals surface area (Å²) in [5.74, 6) is 0.713. The Kier molecular flexibility index (Phi) is 7.98. The number of sulfonamides is 1. The number of hydrogen-bond donors (Lipinski definition) is 3. The first-order chi connectivity index (χ1) is 11.1. The maximum absolute atomic E-state index is 11.4. The van der Waals surface area contributed by atoms with Gasteiger partial charge in [-0.2, -0.15) is 0 Å². The van der Waals surface area contributed by atoms with Gasteiger partial charge in [0, 0.05) is 37.2 Å². The lowest BCUT2D eigenvalue weighted by Crippen LogP contribution is -2.69. The molecule has 0 aromatic rings. The number of hydrogen-bond acceptors (Lipinski definition) is 4. The molecule has 1 spiro atoms. The second-order valence-electron chi connectivity index (χ2n) is 7.65. The Bertz CT molecular complexity index is 576. The molecule has 0 radical (unpaired) electrons. The van der Waals surface area contributed by atoms with Crippen LogP contribution >= 0.6 is 24.0 Å². The van der Waals surface area contributed by atoms with Crippen LogP contribution in [0.15, 0.2) is 4.99 Å². The summed E-state index contributed by atoms with van der Waals surface area (Å²) in [5, 5.41) is 6.74. The zero-order chi connectivity index (χ0) is 18.0. The fourth-order valence-corrected chi connectivity index (χ4v) is 4.92. The first-order valence-corrected chi connectivity index (χ1v) is 10.6. The summed E-state index contributed by atoms with van der Waals surface area (Å²) < 4.78 is 31.3. The van der Waals surface area contributed by atoms with Crippen LogP contribution in [-0.2, 0) is 14.8 Å². The molecule has 2 unspecified atom stereocenters. The second-order valence-corrected chi connectivity index (χ2v) is 9.40. The first kappa shape index (κ1) is 22.9. The highest BCUT2D eigenvalue weighted by Gasteiger charge is 2.59. The lowest BCUT2D eigenvalue weighted by Gasteiger charge is -2.61. The third-order valence-electron chi connectivity index (χ3n) is 5.13. The average Bonchev–Trinajstić information content (AvgIpc) is 2.36. The van der Waals surface area contributed by atoms with Gasteiger partial charge in [-0.25, -0.2) is 13.1 Å². The van der Waals surface area contributed by atoms with E-state index >= 15 is 0 Å². The smallest absolute Gasteiger partial charge is 0.209 e. The van der Waals surface area contributed by atoms with E-state index in [1.54, 1.807) is 7.05 Å². The summed E-state index contributed by atoms with van der Waals surface area (Å²) in [7, 11) is -1.51. The average molecular weight is 488 g/mol. The molecule has 0 saturated heterocycles. The van der Waals surface area contributed by atoms with Gasteiger partial charge in [0.2, 0.25) is 10.0 Å². The molecule has 2 aliphatic rings. The molecule has 2 saturated carbocycles. The Hall–Kier alpha value is -0.130. The van der Waals surface area contributed by atoms with Gasteiger partial charge in [-0.3, -0.25) is 4.99 Å². The van der Waals surface area contributed by atoms with E-state index in [4.69, 9.17) is 4.74 Å². The van der Waals surface area contributed by atoms with Crippen molar-refractivity contribution in [2.45, 2.75) is 64.1 Å². The molecule has 2 fully saturated rings. The van der Waals surface area contributed by atoms with Crippen LogP contribution in [0.5, 0.6) is 0 Å². The molecule has 0 amide bonds. The lowest BCUT2D eigenvalue weighted by molar-refractivity contribution is -0.168. The van der Waals surface area contributed by atoms with E-state index in [0.29, 0.717) is 24.7 Å². The van der Waals surface area contributed by atoms with Crippen LogP contribution in [0.3, 0.4) is 0 Å². The van der Waals surface area contributed by atoms with Crippen molar-refractivity contribution < 1.29 is 13.2 Å². The minimum atomic E-state index is -3.25. The maximum Gasteiger partial charge on any atom is 0.209 e. The predicted molar refractivity (Wildman–Crippen MR) is 112 cm³/mol. The normalized spacial score (nSPS) is 25.6. The molecule has 0 heterocycles. The molecule has 2 rings (SSSR count).